The molecule has 2 nitrogen and oxygen atoms in total. The average molecular weight is 298 g/mol. The van der Waals surface area contributed by atoms with E-state index in [1.165, 1.54) is 21.5 Å². The number of benzene rings is 4. The van der Waals surface area contributed by atoms with Crippen molar-refractivity contribution in [3.05, 3.63) is 78.9 Å². The van der Waals surface area contributed by atoms with Gasteiger partial charge in [-0.2, -0.15) is 0 Å². The molecule has 4 aromatic rings. The summed E-state index contributed by atoms with van der Waals surface area (Å²) in [6.45, 7) is 0. The van der Waals surface area contributed by atoms with Crippen molar-refractivity contribution in [2.45, 2.75) is 0 Å². The van der Waals surface area contributed by atoms with Crippen LogP contribution in [0.1, 0.15) is 0 Å². The van der Waals surface area contributed by atoms with Crippen LogP contribution in [-0.2, 0) is 0 Å². The van der Waals surface area contributed by atoms with E-state index in [9.17, 15) is 10.0 Å². The van der Waals surface area contributed by atoms with Gasteiger partial charge in [-0.25, -0.2) is 0 Å². The van der Waals surface area contributed by atoms with Gasteiger partial charge in [-0.05, 0) is 44.2 Å². The molecule has 23 heavy (non-hydrogen) atoms. The Balaban J connectivity index is 1.89. The summed E-state index contributed by atoms with van der Waals surface area (Å²) in [6, 6.07) is 26.3. The van der Waals surface area contributed by atoms with E-state index in [2.05, 4.69) is 48.5 Å². The van der Waals surface area contributed by atoms with Crippen LogP contribution < -0.4 is 5.46 Å². The molecule has 0 aromatic heterocycles. The quantitative estimate of drug-likeness (QED) is 0.440. The van der Waals surface area contributed by atoms with Crippen LogP contribution in [0.2, 0.25) is 0 Å². The van der Waals surface area contributed by atoms with Crippen LogP contribution in [0.25, 0.3) is 32.7 Å². The molecule has 0 saturated carbocycles. The molecular weight excluding hydrogens is 283 g/mol. The van der Waals surface area contributed by atoms with Gasteiger partial charge in [-0.15, -0.1) is 0 Å². The lowest BCUT2D eigenvalue weighted by Crippen LogP contribution is -2.29. The summed E-state index contributed by atoms with van der Waals surface area (Å²) in [5.74, 6) is 0. The van der Waals surface area contributed by atoms with Crippen molar-refractivity contribution in [3.8, 4) is 11.1 Å². The molecule has 2 N–H and O–H groups in total. The third-order valence-corrected chi connectivity index (χ3v) is 4.26. The van der Waals surface area contributed by atoms with Crippen LogP contribution in [-0.4, -0.2) is 17.2 Å². The fourth-order valence-corrected chi connectivity index (χ4v) is 3.07. The zero-order chi connectivity index (χ0) is 15.8. The predicted molar refractivity (Wildman–Crippen MR) is 96.7 cm³/mol. The lowest BCUT2D eigenvalue weighted by Gasteiger charge is -2.08. The standard InChI is InChI=1S/C20H15BO2/c22-21(23)18-6-3-5-15(13-18)16-10-11-20-17(12-16)9-8-14-4-1-2-7-19(14)20/h1-13,22-23H. The van der Waals surface area contributed by atoms with Gasteiger partial charge in [0.15, 0.2) is 0 Å². The smallest absolute Gasteiger partial charge is 0.423 e. The molecule has 0 aliphatic rings. The van der Waals surface area contributed by atoms with Gasteiger partial charge in [0.25, 0.3) is 0 Å². The Kier molecular flexibility index (Phi) is 3.38. The minimum Gasteiger partial charge on any atom is -0.423 e. The van der Waals surface area contributed by atoms with E-state index in [1.54, 1.807) is 6.07 Å². The minimum absolute atomic E-state index is 0.501. The zero-order valence-corrected chi connectivity index (χ0v) is 12.5. The lowest BCUT2D eigenvalue weighted by atomic mass is 9.79. The molecule has 4 aromatic carbocycles. The molecule has 0 saturated heterocycles. The number of rotatable bonds is 2. The highest BCUT2D eigenvalue weighted by atomic mass is 16.4. The Labute approximate surface area is 134 Å². The summed E-state index contributed by atoms with van der Waals surface area (Å²) >= 11 is 0. The first-order chi connectivity index (χ1) is 11.2. The molecule has 0 aliphatic heterocycles. The summed E-state index contributed by atoms with van der Waals surface area (Å²) in [5, 5.41) is 23.6. The summed E-state index contributed by atoms with van der Waals surface area (Å²) in [4.78, 5) is 0. The van der Waals surface area contributed by atoms with E-state index >= 15 is 0 Å². The SMILES string of the molecule is OB(O)c1cccc(-c2ccc3c(ccc4ccccc43)c2)c1. The summed E-state index contributed by atoms with van der Waals surface area (Å²) in [7, 11) is -1.45. The van der Waals surface area contributed by atoms with Crippen LogP contribution >= 0.6 is 0 Å². The van der Waals surface area contributed by atoms with Crippen molar-refractivity contribution in [1.29, 1.82) is 0 Å². The normalized spacial score (nSPS) is 11.0. The van der Waals surface area contributed by atoms with Crippen molar-refractivity contribution in [1.82, 2.24) is 0 Å². The van der Waals surface area contributed by atoms with Gasteiger partial charge < -0.3 is 10.0 Å². The maximum absolute atomic E-state index is 9.34. The largest absolute Gasteiger partial charge is 0.488 e. The maximum Gasteiger partial charge on any atom is 0.488 e. The molecule has 0 atom stereocenters. The number of fused-ring (bicyclic) bond motifs is 3. The Hall–Kier alpha value is -2.62. The summed E-state index contributed by atoms with van der Waals surface area (Å²) in [6.07, 6.45) is 0. The molecule has 0 amide bonds. The first kappa shape index (κ1) is 14.0. The van der Waals surface area contributed by atoms with Gasteiger partial charge in [-0.3, -0.25) is 0 Å². The van der Waals surface area contributed by atoms with Crippen LogP contribution in [0.3, 0.4) is 0 Å². The van der Waals surface area contributed by atoms with Crippen molar-refractivity contribution in [2.75, 3.05) is 0 Å². The van der Waals surface area contributed by atoms with Crippen molar-refractivity contribution in [2.24, 2.45) is 0 Å². The molecule has 0 bridgehead atoms. The molecule has 0 aliphatic carbocycles. The van der Waals surface area contributed by atoms with E-state index in [0.29, 0.717) is 5.46 Å². The Morgan fingerprint density at radius 1 is 0.565 bits per heavy atom. The van der Waals surface area contributed by atoms with Gasteiger partial charge in [-0.1, -0.05) is 72.8 Å². The lowest BCUT2D eigenvalue weighted by molar-refractivity contribution is 0.426. The average Bonchev–Trinajstić information content (AvgIpc) is 2.61. The molecule has 4 rings (SSSR count). The molecule has 0 spiro atoms. The molecular formula is C20H15BO2. The predicted octanol–water partition coefficient (Wildman–Crippen LogP) is 3.34. The first-order valence-corrected chi connectivity index (χ1v) is 7.60. The maximum atomic E-state index is 9.34. The van der Waals surface area contributed by atoms with Crippen molar-refractivity contribution >= 4 is 34.1 Å². The van der Waals surface area contributed by atoms with E-state index in [4.69, 9.17) is 0 Å². The van der Waals surface area contributed by atoms with Gasteiger partial charge >= 0.3 is 7.12 Å². The Morgan fingerprint density at radius 3 is 2.17 bits per heavy atom. The van der Waals surface area contributed by atoms with Crippen LogP contribution in [0, 0.1) is 0 Å². The highest BCUT2D eigenvalue weighted by Gasteiger charge is 2.11. The van der Waals surface area contributed by atoms with Crippen molar-refractivity contribution in [3.63, 3.8) is 0 Å². The van der Waals surface area contributed by atoms with Gasteiger partial charge in [0.2, 0.25) is 0 Å². The van der Waals surface area contributed by atoms with Crippen LogP contribution in [0.5, 0.6) is 0 Å². The van der Waals surface area contributed by atoms with E-state index in [-0.39, 0.29) is 0 Å². The summed E-state index contributed by atoms with van der Waals surface area (Å²) < 4.78 is 0. The molecule has 0 unspecified atom stereocenters. The second-order valence-corrected chi connectivity index (χ2v) is 5.72. The van der Waals surface area contributed by atoms with Crippen LogP contribution in [0.4, 0.5) is 0 Å². The number of hydrogen-bond donors (Lipinski definition) is 2. The monoisotopic (exact) mass is 298 g/mol. The topological polar surface area (TPSA) is 40.5 Å². The first-order valence-electron chi connectivity index (χ1n) is 7.60. The van der Waals surface area contributed by atoms with E-state index in [1.807, 2.05) is 24.3 Å². The number of hydrogen-bond acceptors (Lipinski definition) is 2. The minimum atomic E-state index is -1.45. The third kappa shape index (κ3) is 2.50. The zero-order valence-electron chi connectivity index (χ0n) is 12.5. The molecule has 0 heterocycles. The summed E-state index contributed by atoms with van der Waals surface area (Å²) in [5.41, 5.74) is 2.54. The fraction of sp³-hybridized carbons (Fsp3) is 0. The molecule has 110 valence electrons. The van der Waals surface area contributed by atoms with Gasteiger partial charge in [0.1, 0.15) is 0 Å². The van der Waals surface area contributed by atoms with E-state index < -0.39 is 7.12 Å². The van der Waals surface area contributed by atoms with Crippen molar-refractivity contribution < 1.29 is 10.0 Å². The third-order valence-electron chi connectivity index (χ3n) is 4.26. The Bertz CT molecular complexity index is 1010. The van der Waals surface area contributed by atoms with Gasteiger partial charge in [0, 0.05) is 0 Å². The van der Waals surface area contributed by atoms with E-state index in [0.717, 1.165) is 11.1 Å². The molecule has 0 fully saturated rings. The molecule has 3 heteroatoms. The highest BCUT2D eigenvalue weighted by molar-refractivity contribution is 6.58. The fourth-order valence-electron chi connectivity index (χ4n) is 3.07. The van der Waals surface area contributed by atoms with Gasteiger partial charge in [0.05, 0.1) is 0 Å². The second-order valence-electron chi connectivity index (χ2n) is 5.72. The van der Waals surface area contributed by atoms with Crippen LogP contribution in [0.15, 0.2) is 78.9 Å². The Morgan fingerprint density at radius 2 is 1.30 bits per heavy atom. The second kappa shape index (κ2) is 5.54. The molecule has 0 radical (unpaired) electrons. The highest BCUT2D eigenvalue weighted by Crippen LogP contribution is 2.29.